The van der Waals surface area contributed by atoms with Gasteiger partial charge in [-0.05, 0) is 33.6 Å². The summed E-state index contributed by atoms with van der Waals surface area (Å²) in [5.41, 5.74) is 7.94. The standard InChI is InChI=1S/C9H17N/c1-4-9(10)7-5-6-8(2)3/h4,6H,5,7,10H2,1-3H3/b9-4+. The molecule has 0 spiro atoms. The lowest BCUT2D eigenvalue weighted by molar-refractivity contribution is 0.947. The fourth-order valence-corrected chi connectivity index (χ4v) is 0.672. The maximum absolute atomic E-state index is 5.59. The van der Waals surface area contributed by atoms with Crippen LogP contribution in [0.4, 0.5) is 0 Å². The SMILES string of the molecule is C/C=C(/N)CCC=C(C)C. The van der Waals surface area contributed by atoms with Gasteiger partial charge in [-0.2, -0.15) is 0 Å². The molecule has 1 heteroatoms. The van der Waals surface area contributed by atoms with E-state index in [0.29, 0.717) is 0 Å². The summed E-state index contributed by atoms with van der Waals surface area (Å²) in [6, 6.07) is 0. The van der Waals surface area contributed by atoms with Crippen molar-refractivity contribution in [2.45, 2.75) is 33.6 Å². The topological polar surface area (TPSA) is 26.0 Å². The van der Waals surface area contributed by atoms with E-state index in [1.165, 1.54) is 5.57 Å². The smallest absolute Gasteiger partial charge is 0.00402 e. The Labute approximate surface area is 63.6 Å². The van der Waals surface area contributed by atoms with E-state index in [1.807, 2.05) is 13.0 Å². The van der Waals surface area contributed by atoms with Crippen LogP contribution in [0.25, 0.3) is 0 Å². The van der Waals surface area contributed by atoms with Gasteiger partial charge < -0.3 is 5.73 Å². The van der Waals surface area contributed by atoms with Crippen LogP contribution in [0.5, 0.6) is 0 Å². The fraction of sp³-hybridized carbons (Fsp3) is 0.556. The van der Waals surface area contributed by atoms with Crippen molar-refractivity contribution in [3.8, 4) is 0 Å². The number of hydrogen-bond acceptors (Lipinski definition) is 1. The third kappa shape index (κ3) is 5.42. The molecule has 1 nitrogen and oxygen atoms in total. The largest absolute Gasteiger partial charge is 0.402 e. The normalized spacial score (nSPS) is 11.3. The third-order valence-corrected chi connectivity index (χ3v) is 1.36. The monoisotopic (exact) mass is 139 g/mol. The Morgan fingerprint density at radius 3 is 2.40 bits per heavy atom. The Bertz CT molecular complexity index is 139. The van der Waals surface area contributed by atoms with Gasteiger partial charge in [0.15, 0.2) is 0 Å². The molecule has 10 heavy (non-hydrogen) atoms. The molecular weight excluding hydrogens is 122 g/mol. The van der Waals surface area contributed by atoms with Crippen molar-refractivity contribution in [1.82, 2.24) is 0 Å². The van der Waals surface area contributed by atoms with Crippen LogP contribution in [0.15, 0.2) is 23.4 Å². The first-order valence-corrected chi connectivity index (χ1v) is 3.71. The van der Waals surface area contributed by atoms with Gasteiger partial charge in [0.1, 0.15) is 0 Å². The second-order valence-corrected chi connectivity index (χ2v) is 2.68. The van der Waals surface area contributed by atoms with Crippen LogP contribution >= 0.6 is 0 Å². The Morgan fingerprint density at radius 1 is 1.40 bits per heavy atom. The van der Waals surface area contributed by atoms with Gasteiger partial charge in [-0.3, -0.25) is 0 Å². The minimum Gasteiger partial charge on any atom is -0.402 e. The summed E-state index contributed by atoms with van der Waals surface area (Å²) in [7, 11) is 0. The number of rotatable bonds is 3. The zero-order valence-electron chi connectivity index (χ0n) is 7.15. The van der Waals surface area contributed by atoms with Gasteiger partial charge >= 0.3 is 0 Å². The van der Waals surface area contributed by atoms with Crippen molar-refractivity contribution in [2.75, 3.05) is 0 Å². The second-order valence-electron chi connectivity index (χ2n) is 2.68. The molecule has 0 bridgehead atoms. The molecule has 0 unspecified atom stereocenters. The lowest BCUT2D eigenvalue weighted by Crippen LogP contribution is -1.94. The van der Waals surface area contributed by atoms with E-state index < -0.39 is 0 Å². The minimum absolute atomic E-state index is 0.984. The van der Waals surface area contributed by atoms with Gasteiger partial charge in [0, 0.05) is 5.70 Å². The van der Waals surface area contributed by atoms with Crippen LogP contribution in [-0.4, -0.2) is 0 Å². The van der Waals surface area contributed by atoms with Crippen molar-refractivity contribution in [3.63, 3.8) is 0 Å². The zero-order valence-corrected chi connectivity index (χ0v) is 7.15. The van der Waals surface area contributed by atoms with Crippen LogP contribution in [-0.2, 0) is 0 Å². The van der Waals surface area contributed by atoms with E-state index in [1.54, 1.807) is 0 Å². The Balaban J connectivity index is 3.47. The highest BCUT2D eigenvalue weighted by atomic mass is 14.6. The first-order valence-electron chi connectivity index (χ1n) is 3.71. The Hall–Kier alpha value is -0.720. The summed E-state index contributed by atoms with van der Waals surface area (Å²) >= 11 is 0. The maximum Gasteiger partial charge on any atom is 0.00402 e. The van der Waals surface area contributed by atoms with Crippen LogP contribution in [0, 0.1) is 0 Å². The van der Waals surface area contributed by atoms with Gasteiger partial charge in [-0.25, -0.2) is 0 Å². The van der Waals surface area contributed by atoms with Crippen LogP contribution in [0.3, 0.4) is 0 Å². The molecule has 0 aromatic heterocycles. The third-order valence-electron chi connectivity index (χ3n) is 1.36. The molecule has 0 aliphatic carbocycles. The number of hydrogen-bond donors (Lipinski definition) is 1. The van der Waals surface area contributed by atoms with E-state index in [4.69, 9.17) is 5.73 Å². The quantitative estimate of drug-likeness (QED) is 0.597. The molecule has 0 aromatic rings. The van der Waals surface area contributed by atoms with Gasteiger partial charge in [-0.15, -0.1) is 0 Å². The summed E-state index contributed by atoms with van der Waals surface area (Å²) in [6.07, 6.45) is 6.22. The van der Waals surface area contributed by atoms with Gasteiger partial charge in [0.2, 0.25) is 0 Å². The lowest BCUT2D eigenvalue weighted by Gasteiger charge is -1.95. The maximum atomic E-state index is 5.59. The Kier molecular flexibility index (Phi) is 4.73. The summed E-state index contributed by atoms with van der Waals surface area (Å²) in [4.78, 5) is 0. The molecular formula is C9H17N. The molecule has 58 valence electrons. The van der Waals surface area contributed by atoms with Crippen molar-refractivity contribution in [2.24, 2.45) is 5.73 Å². The molecule has 0 amide bonds. The first-order chi connectivity index (χ1) is 4.66. The highest BCUT2D eigenvalue weighted by Gasteiger charge is 1.85. The molecule has 0 rings (SSSR count). The minimum atomic E-state index is 0.984. The molecule has 0 radical (unpaired) electrons. The van der Waals surface area contributed by atoms with Gasteiger partial charge in [0.05, 0.1) is 0 Å². The van der Waals surface area contributed by atoms with Crippen molar-refractivity contribution in [1.29, 1.82) is 0 Å². The molecule has 2 N–H and O–H groups in total. The van der Waals surface area contributed by atoms with Gasteiger partial charge in [-0.1, -0.05) is 17.7 Å². The second kappa shape index (κ2) is 5.10. The molecule has 0 aliphatic rings. The lowest BCUT2D eigenvalue weighted by atomic mass is 10.2. The van der Waals surface area contributed by atoms with Crippen LogP contribution in [0.1, 0.15) is 33.6 Å². The molecule has 0 saturated heterocycles. The van der Waals surface area contributed by atoms with Crippen LogP contribution in [0.2, 0.25) is 0 Å². The van der Waals surface area contributed by atoms with E-state index in [0.717, 1.165) is 18.5 Å². The summed E-state index contributed by atoms with van der Waals surface area (Å²) in [5, 5.41) is 0. The number of allylic oxidation sites excluding steroid dienone is 4. The Morgan fingerprint density at radius 2 is 2.00 bits per heavy atom. The number of nitrogens with two attached hydrogens (primary N) is 1. The van der Waals surface area contributed by atoms with Crippen molar-refractivity contribution < 1.29 is 0 Å². The highest BCUT2D eigenvalue weighted by molar-refractivity contribution is 4.99. The highest BCUT2D eigenvalue weighted by Crippen LogP contribution is 2.01. The fourth-order valence-electron chi connectivity index (χ4n) is 0.672. The molecule has 0 fully saturated rings. The molecule has 0 aliphatic heterocycles. The van der Waals surface area contributed by atoms with E-state index in [9.17, 15) is 0 Å². The van der Waals surface area contributed by atoms with E-state index in [-0.39, 0.29) is 0 Å². The summed E-state index contributed by atoms with van der Waals surface area (Å²) < 4.78 is 0. The predicted molar refractivity (Wildman–Crippen MR) is 46.6 cm³/mol. The van der Waals surface area contributed by atoms with E-state index in [2.05, 4.69) is 19.9 Å². The van der Waals surface area contributed by atoms with Crippen LogP contribution < -0.4 is 5.73 Å². The zero-order chi connectivity index (χ0) is 7.98. The molecule has 0 heterocycles. The van der Waals surface area contributed by atoms with E-state index >= 15 is 0 Å². The predicted octanol–water partition coefficient (Wildman–Crippen LogP) is 2.60. The summed E-state index contributed by atoms with van der Waals surface area (Å²) in [5.74, 6) is 0. The van der Waals surface area contributed by atoms with Crippen molar-refractivity contribution >= 4 is 0 Å². The molecule has 0 atom stereocenters. The van der Waals surface area contributed by atoms with Gasteiger partial charge in [0.25, 0.3) is 0 Å². The molecule has 0 saturated carbocycles. The van der Waals surface area contributed by atoms with Crippen molar-refractivity contribution in [3.05, 3.63) is 23.4 Å². The molecule has 0 aromatic carbocycles. The average Bonchev–Trinajstić information content (AvgIpc) is 1.87. The average molecular weight is 139 g/mol. The first kappa shape index (κ1) is 9.28. The summed E-state index contributed by atoms with van der Waals surface area (Å²) in [6.45, 7) is 6.18.